The van der Waals surface area contributed by atoms with Crippen LogP contribution in [0, 0.1) is 23.7 Å². The van der Waals surface area contributed by atoms with Crippen molar-refractivity contribution in [2.45, 2.75) is 18.9 Å². The van der Waals surface area contributed by atoms with Gasteiger partial charge in [-0.15, -0.1) is 0 Å². The Hall–Kier alpha value is -1.68. The van der Waals surface area contributed by atoms with Crippen LogP contribution in [-0.2, 0) is 38.7 Å². The average Bonchev–Trinajstić information content (AvgIpc) is 3.05. The van der Waals surface area contributed by atoms with E-state index in [-0.39, 0.29) is 23.7 Å². The lowest BCUT2D eigenvalue weighted by molar-refractivity contribution is -0.165. The highest BCUT2D eigenvalue weighted by atomic mass is 32.2. The molecule has 0 spiro atoms. The van der Waals surface area contributed by atoms with Crippen LogP contribution in [0.5, 0.6) is 0 Å². The van der Waals surface area contributed by atoms with Crippen LogP contribution in [-0.4, -0.2) is 55.9 Å². The van der Waals surface area contributed by atoms with E-state index in [2.05, 4.69) is 4.74 Å². The molecule has 23 heavy (non-hydrogen) atoms. The van der Waals surface area contributed by atoms with Crippen LogP contribution in [0.2, 0.25) is 0 Å². The minimum atomic E-state index is -4.21. The molecular formula is C13H16O9S. The highest BCUT2D eigenvalue weighted by molar-refractivity contribution is 7.85. The molecule has 0 amide bonds. The van der Waals surface area contributed by atoms with E-state index in [1.165, 1.54) is 0 Å². The fourth-order valence-corrected chi connectivity index (χ4v) is 4.10. The molecule has 0 aromatic rings. The number of hydrogen-bond donors (Lipinski definition) is 1. The van der Waals surface area contributed by atoms with Gasteiger partial charge in [0, 0.05) is 5.92 Å². The van der Waals surface area contributed by atoms with E-state index in [4.69, 9.17) is 14.0 Å². The molecule has 3 aliphatic rings. The Morgan fingerprint density at radius 3 is 2.70 bits per heavy atom. The van der Waals surface area contributed by atoms with E-state index in [0.717, 1.165) is 6.42 Å². The van der Waals surface area contributed by atoms with Gasteiger partial charge >= 0.3 is 17.9 Å². The smallest absolute Gasteiger partial charge is 0.344 e. The Labute approximate surface area is 132 Å². The topological polar surface area (TPSA) is 133 Å². The van der Waals surface area contributed by atoms with Crippen LogP contribution in [0.4, 0.5) is 0 Å². The van der Waals surface area contributed by atoms with Crippen molar-refractivity contribution in [3.05, 3.63) is 0 Å². The van der Waals surface area contributed by atoms with Crippen LogP contribution in [0.15, 0.2) is 0 Å². The van der Waals surface area contributed by atoms with Crippen LogP contribution in [0.25, 0.3) is 0 Å². The molecule has 10 heteroatoms. The normalized spacial score (nSPS) is 34.3. The Balaban J connectivity index is 1.45. The van der Waals surface area contributed by atoms with Crippen LogP contribution >= 0.6 is 0 Å². The zero-order valence-electron chi connectivity index (χ0n) is 12.0. The lowest BCUT2D eigenvalue weighted by atomic mass is 9.82. The van der Waals surface area contributed by atoms with Gasteiger partial charge in [0.25, 0.3) is 10.1 Å². The largest absolute Gasteiger partial charge is 0.462 e. The number of fused-ring (bicyclic) bond motifs is 1. The van der Waals surface area contributed by atoms with Gasteiger partial charge in [-0.05, 0) is 18.8 Å². The molecule has 1 heterocycles. The van der Waals surface area contributed by atoms with Gasteiger partial charge in [-0.2, -0.15) is 8.42 Å². The first-order chi connectivity index (χ1) is 10.8. The maximum Gasteiger partial charge on any atom is 0.344 e. The molecule has 128 valence electrons. The van der Waals surface area contributed by atoms with Gasteiger partial charge in [0.2, 0.25) is 0 Å². The molecule has 0 aromatic heterocycles. The zero-order valence-corrected chi connectivity index (χ0v) is 12.9. The molecule has 1 saturated heterocycles. The number of ether oxygens (including phenoxy) is 3. The monoisotopic (exact) mass is 348 g/mol. The highest BCUT2D eigenvalue weighted by Crippen LogP contribution is 2.57. The molecule has 2 bridgehead atoms. The maximum atomic E-state index is 12.1. The summed E-state index contributed by atoms with van der Waals surface area (Å²) in [6.07, 6.45) is 0.896. The van der Waals surface area contributed by atoms with Crippen molar-refractivity contribution in [3.63, 3.8) is 0 Å². The second kappa shape index (κ2) is 5.75. The minimum absolute atomic E-state index is 0.0319. The molecule has 1 N–H and O–H groups in total. The van der Waals surface area contributed by atoms with Crippen molar-refractivity contribution >= 4 is 28.0 Å². The van der Waals surface area contributed by atoms with Crippen molar-refractivity contribution < 1.29 is 41.6 Å². The van der Waals surface area contributed by atoms with Crippen LogP contribution < -0.4 is 0 Å². The molecule has 0 radical (unpaired) electrons. The summed E-state index contributed by atoms with van der Waals surface area (Å²) in [7, 11) is -4.21. The summed E-state index contributed by atoms with van der Waals surface area (Å²) < 4.78 is 44.1. The number of esters is 3. The summed E-state index contributed by atoms with van der Waals surface area (Å²) in [6.45, 7) is -1.17. The lowest BCUT2D eigenvalue weighted by Crippen LogP contribution is -2.35. The van der Waals surface area contributed by atoms with Crippen LogP contribution in [0.1, 0.15) is 12.8 Å². The predicted molar refractivity (Wildman–Crippen MR) is 71.4 cm³/mol. The third-order valence-electron chi connectivity index (χ3n) is 4.70. The summed E-state index contributed by atoms with van der Waals surface area (Å²) in [4.78, 5) is 35.1. The molecule has 5 atom stereocenters. The van der Waals surface area contributed by atoms with Gasteiger partial charge in [0.05, 0.1) is 11.8 Å². The summed E-state index contributed by atoms with van der Waals surface area (Å²) in [5, 5.41) is 0. The second-order valence-electron chi connectivity index (χ2n) is 6.04. The van der Waals surface area contributed by atoms with Crippen molar-refractivity contribution in [1.82, 2.24) is 0 Å². The summed E-state index contributed by atoms with van der Waals surface area (Å²) in [5.41, 5.74) is 0. The maximum absolute atomic E-state index is 12.1. The van der Waals surface area contributed by atoms with Crippen molar-refractivity contribution in [2.75, 3.05) is 19.0 Å². The Morgan fingerprint density at radius 1 is 1.26 bits per heavy atom. The number of carbonyl (C=O) groups is 3. The predicted octanol–water partition coefficient (Wildman–Crippen LogP) is -0.842. The third kappa shape index (κ3) is 3.18. The van der Waals surface area contributed by atoms with E-state index in [9.17, 15) is 22.8 Å². The molecule has 5 unspecified atom stereocenters. The van der Waals surface area contributed by atoms with E-state index in [0.29, 0.717) is 6.42 Å². The van der Waals surface area contributed by atoms with Gasteiger partial charge in [-0.3, -0.25) is 14.1 Å². The van der Waals surface area contributed by atoms with Gasteiger partial charge in [0.1, 0.15) is 18.5 Å². The quantitative estimate of drug-likeness (QED) is 0.370. The second-order valence-corrected chi connectivity index (χ2v) is 7.62. The average molecular weight is 348 g/mol. The van der Waals surface area contributed by atoms with Crippen molar-refractivity contribution in [3.8, 4) is 0 Å². The van der Waals surface area contributed by atoms with Crippen LogP contribution in [0.3, 0.4) is 0 Å². The molecule has 3 fully saturated rings. The Kier molecular flexibility index (Phi) is 4.05. The highest BCUT2D eigenvalue weighted by Gasteiger charge is 2.64. The fraction of sp³-hybridized carbons (Fsp3) is 0.769. The van der Waals surface area contributed by atoms with Gasteiger partial charge in [-0.25, -0.2) is 4.79 Å². The molecule has 1 aliphatic heterocycles. The molecule has 2 saturated carbocycles. The SMILES string of the molecule is O=C(COC(=O)C1C2CC3C(=O)OC1C3C2)OCCS(=O)(=O)O. The standard InChI is InChI=1S/C13H16O9S/c14-9(20-1-2-23(17,18)19)5-21-13(16)10-6-3-7-8(4-6)12(15)22-11(7)10/h6-8,10-11H,1-5H2,(H,17,18,19). The summed E-state index contributed by atoms with van der Waals surface area (Å²) in [5.74, 6) is -3.07. The Morgan fingerprint density at radius 2 is 2.00 bits per heavy atom. The molecule has 3 rings (SSSR count). The minimum Gasteiger partial charge on any atom is -0.462 e. The molecular weight excluding hydrogens is 332 g/mol. The molecule has 2 aliphatic carbocycles. The third-order valence-corrected chi connectivity index (χ3v) is 5.38. The molecule has 0 aromatic carbocycles. The number of rotatable bonds is 6. The number of carbonyl (C=O) groups excluding carboxylic acids is 3. The van der Waals surface area contributed by atoms with Gasteiger partial charge in [-0.1, -0.05) is 0 Å². The molecule has 9 nitrogen and oxygen atoms in total. The fourth-order valence-electron chi connectivity index (χ4n) is 3.81. The summed E-state index contributed by atoms with van der Waals surface area (Å²) >= 11 is 0. The van der Waals surface area contributed by atoms with Crippen molar-refractivity contribution in [1.29, 1.82) is 0 Å². The van der Waals surface area contributed by atoms with E-state index in [1.54, 1.807) is 0 Å². The summed E-state index contributed by atoms with van der Waals surface area (Å²) in [6, 6.07) is 0. The zero-order chi connectivity index (χ0) is 16.8. The first kappa shape index (κ1) is 16.2. The van der Waals surface area contributed by atoms with E-state index >= 15 is 0 Å². The van der Waals surface area contributed by atoms with Gasteiger partial charge < -0.3 is 14.2 Å². The first-order valence-electron chi connectivity index (χ1n) is 7.24. The van der Waals surface area contributed by atoms with E-state index < -0.39 is 53.0 Å². The number of hydrogen-bond acceptors (Lipinski definition) is 8. The van der Waals surface area contributed by atoms with Gasteiger partial charge in [0.15, 0.2) is 6.61 Å². The lowest BCUT2D eigenvalue weighted by Gasteiger charge is -2.23. The first-order valence-corrected chi connectivity index (χ1v) is 8.85. The van der Waals surface area contributed by atoms with E-state index in [1.807, 2.05) is 0 Å². The van der Waals surface area contributed by atoms with Crippen molar-refractivity contribution in [2.24, 2.45) is 23.7 Å². The Bertz CT molecular complexity index is 640.